The van der Waals surface area contributed by atoms with Crippen LogP contribution in [0.15, 0.2) is 0 Å². The van der Waals surface area contributed by atoms with E-state index in [-0.39, 0.29) is 25.2 Å². The standard InChI is InChI=1S/C16H33N3O4.CH4/c1-13(2)15(20)19-14(3)16(21)18-8-6-10-23-12-11-22-9-5-7-17-4;/h13-14,17H,5-12H2,1-4H3,(H,18,21)(H,19,20);1H4. The maximum atomic E-state index is 11.8. The lowest BCUT2D eigenvalue weighted by Gasteiger charge is -2.15. The van der Waals surface area contributed by atoms with Crippen LogP contribution < -0.4 is 16.0 Å². The van der Waals surface area contributed by atoms with Gasteiger partial charge in [0.2, 0.25) is 11.8 Å². The van der Waals surface area contributed by atoms with Crippen molar-refractivity contribution in [2.24, 2.45) is 5.92 Å². The Kier molecular flexibility index (Phi) is 17.4. The Morgan fingerprint density at radius 3 is 1.92 bits per heavy atom. The summed E-state index contributed by atoms with van der Waals surface area (Å²) in [6.07, 6.45) is 1.73. The summed E-state index contributed by atoms with van der Waals surface area (Å²) in [6.45, 7) is 9.22. The molecule has 7 nitrogen and oxygen atoms in total. The Morgan fingerprint density at radius 2 is 1.42 bits per heavy atom. The second kappa shape index (κ2) is 16.7. The number of carbonyl (C=O) groups is 2. The van der Waals surface area contributed by atoms with E-state index in [9.17, 15) is 9.59 Å². The molecule has 0 aliphatic rings. The van der Waals surface area contributed by atoms with Gasteiger partial charge >= 0.3 is 0 Å². The number of nitrogens with one attached hydrogen (secondary N) is 3. The first-order valence-corrected chi connectivity index (χ1v) is 8.37. The molecule has 7 heteroatoms. The zero-order chi connectivity index (χ0) is 17.5. The van der Waals surface area contributed by atoms with E-state index in [2.05, 4.69) is 16.0 Å². The minimum absolute atomic E-state index is 0. The van der Waals surface area contributed by atoms with Gasteiger partial charge in [0.25, 0.3) is 0 Å². The fraction of sp³-hybridized carbons (Fsp3) is 0.882. The van der Waals surface area contributed by atoms with E-state index in [0.29, 0.717) is 26.4 Å². The summed E-state index contributed by atoms with van der Waals surface area (Å²) in [7, 11) is 1.92. The number of rotatable bonds is 14. The van der Waals surface area contributed by atoms with Gasteiger partial charge in [-0.05, 0) is 33.4 Å². The second-order valence-electron chi connectivity index (χ2n) is 5.71. The van der Waals surface area contributed by atoms with E-state index in [1.54, 1.807) is 20.8 Å². The van der Waals surface area contributed by atoms with Gasteiger partial charge in [-0.3, -0.25) is 9.59 Å². The van der Waals surface area contributed by atoms with E-state index < -0.39 is 6.04 Å². The molecule has 2 amide bonds. The molecule has 0 fully saturated rings. The fourth-order valence-corrected chi connectivity index (χ4v) is 1.66. The third kappa shape index (κ3) is 14.4. The third-order valence-electron chi connectivity index (χ3n) is 3.13. The first-order chi connectivity index (χ1) is 11.0. The molecule has 0 aliphatic heterocycles. The average molecular weight is 348 g/mol. The molecule has 0 rings (SSSR count). The molecule has 0 aromatic heterocycles. The van der Waals surface area contributed by atoms with Gasteiger partial charge in [-0.25, -0.2) is 0 Å². The largest absolute Gasteiger partial charge is 0.379 e. The Bertz CT molecular complexity index is 325. The number of hydrogen-bond acceptors (Lipinski definition) is 5. The van der Waals surface area contributed by atoms with Crippen LogP contribution in [-0.4, -0.2) is 64.4 Å². The summed E-state index contributed by atoms with van der Waals surface area (Å²) in [5, 5.41) is 8.50. The van der Waals surface area contributed by atoms with Crippen LogP contribution in [-0.2, 0) is 19.1 Å². The quantitative estimate of drug-likeness (QED) is 0.407. The van der Waals surface area contributed by atoms with Gasteiger partial charge in [0.1, 0.15) is 6.04 Å². The van der Waals surface area contributed by atoms with Gasteiger partial charge in [-0.2, -0.15) is 0 Å². The number of ether oxygens (including phenoxy) is 2. The highest BCUT2D eigenvalue weighted by molar-refractivity contribution is 5.87. The summed E-state index contributed by atoms with van der Waals surface area (Å²) in [5.41, 5.74) is 0. The van der Waals surface area contributed by atoms with Crippen LogP contribution in [0.25, 0.3) is 0 Å². The lowest BCUT2D eigenvalue weighted by molar-refractivity contribution is -0.130. The molecule has 3 N–H and O–H groups in total. The van der Waals surface area contributed by atoms with Crippen LogP contribution in [0.1, 0.15) is 41.0 Å². The van der Waals surface area contributed by atoms with Crippen molar-refractivity contribution in [3.8, 4) is 0 Å². The molecule has 0 saturated heterocycles. The monoisotopic (exact) mass is 347 g/mol. The molecule has 0 bridgehead atoms. The molecule has 0 aliphatic carbocycles. The number of carbonyl (C=O) groups excluding carboxylic acids is 2. The maximum absolute atomic E-state index is 11.8. The third-order valence-corrected chi connectivity index (χ3v) is 3.13. The van der Waals surface area contributed by atoms with E-state index >= 15 is 0 Å². The van der Waals surface area contributed by atoms with Crippen molar-refractivity contribution < 1.29 is 19.1 Å². The first kappa shape index (κ1) is 25.1. The van der Waals surface area contributed by atoms with Crippen LogP contribution in [0.3, 0.4) is 0 Å². The SMILES string of the molecule is C.CNCCCOCCOCCCNC(=O)C(C)NC(=O)C(C)C. The van der Waals surface area contributed by atoms with Gasteiger partial charge in [-0.15, -0.1) is 0 Å². The molecule has 0 aromatic carbocycles. The summed E-state index contributed by atoms with van der Waals surface area (Å²) in [4.78, 5) is 23.3. The summed E-state index contributed by atoms with van der Waals surface area (Å²) in [6, 6.07) is -0.517. The van der Waals surface area contributed by atoms with Crippen LogP contribution in [0.4, 0.5) is 0 Å². The van der Waals surface area contributed by atoms with Crippen LogP contribution in [0, 0.1) is 5.92 Å². The molecule has 1 atom stereocenters. The predicted molar refractivity (Wildman–Crippen MR) is 97.0 cm³/mol. The van der Waals surface area contributed by atoms with Gasteiger partial charge < -0.3 is 25.4 Å². The number of amides is 2. The fourth-order valence-electron chi connectivity index (χ4n) is 1.66. The highest BCUT2D eigenvalue weighted by atomic mass is 16.5. The van der Waals surface area contributed by atoms with Crippen LogP contribution in [0.5, 0.6) is 0 Å². The second-order valence-corrected chi connectivity index (χ2v) is 5.71. The molecule has 0 spiro atoms. The zero-order valence-electron chi connectivity index (χ0n) is 14.9. The van der Waals surface area contributed by atoms with Crippen molar-refractivity contribution in [3.05, 3.63) is 0 Å². The van der Waals surface area contributed by atoms with Crippen molar-refractivity contribution in [3.63, 3.8) is 0 Å². The number of hydrogen-bond donors (Lipinski definition) is 3. The Balaban J connectivity index is 0. The van der Waals surface area contributed by atoms with E-state index in [0.717, 1.165) is 26.0 Å². The molecule has 144 valence electrons. The maximum Gasteiger partial charge on any atom is 0.242 e. The average Bonchev–Trinajstić information content (AvgIpc) is 2.52. The molecule has 0 radical (unpaired) electrons. The van der Waals surface area contributed by atoms with Crippen molar-refractivity contribution in [2.45, 2.75) is 47.1 Å². The van der Waals surface area contributed by atoms with E-state index in [1.807, 2.05) is 7.05 Å². The van der Waals surface area contributed by atoms with Crippen molar-refractivity contribution in [2.75, 3.05) is 46.6 Å². The summed E-state index contributed by atoms with van der Waals surface area (Å²) in [5.74, 6) is -0.420. The Hall–Kier alpha value is -1.18. The van der Waals surface area contributed by atoms with Crippen LogP contribution >= 0.6 is 0 Å². The lowest BCUT2D eigenvalue weighted by Crippen LogP contribution is -2.46. The Morgan fingerprint density at radius 1 is 0.875 bits per heavy atom. The van der Waals surface area contributed by atoms with Crippen molar-refractivity contribution in [1.29, 1.82) is 0 Å². The van der Waals surface area contributed by atoms with E-state index in [1.165, 1.54) is 0 Å². The minimum Gasteiger partial charge on any atom is -0.379 e. The lowest BCUT2D eigenvalue weighted by atomic mass is 10.2. The van der Waals surface area contributed by atoms with Gasteiger partial charge in [0.15, 0.2) is 0 Å². The van der Waals surface area contributed by atoms with Gasteiger partial charge in [0, 0.05) is 25.7 Å². The highest BCUT2D eigenvalue weighted by Crippen LogP contribution is 1.93. The Labute approximate surface area is 147 Å². The molecular formula is C17H37N3O4. The van der Waals surface area contributed by atoms with Gasteiger partial charge in [0.05, 0.1) is 13.2 Å². The smallest absolute Gasteiger partial charge is 0.242 e. The zero-order valence-corrected chi connectivity index (χ0v) is 14.9. The summed E-state index contributed by atoms with van der Waals surface area (Å²) < 4.78 is 10.8. The summed E-state index contributed by atoms with van der Waals surface area (Å²) >= 11 is 0. The topological polar surface area (TPSA) is 88.7 Å². The molecule has 0 saturated carbocycles. The predicted octanol–water partition coefficient (Wildman–Crippen LogP) is 0.932. The van der Waals surface area contributed by atoms with E-state index in [4.69, 9.17) is 9.47 Å². The minimum atomic E-state index is -0.517. The first-order valence-electron chi connectivity index (χ1n) is 8.37. The molecule has 0 aromatic rings. The normalized spacial score (nSPS) is 11.7. The van der Waals surface area contributed by atoms with Crippen molar-refractivity contribution in [1.82, 2.24) is 16.0 Å². The van der Waals surface area contributed by atoms with Gasteiger partial charge in [-0.1, -0.05) is 21.3 Å². The molecule has 1 unspecified atom stereocenters. The molecule has 0 heterocycles. The van der Waals surface area contributed by atoms with Crippen LogP contribution in [0.2, 0.25) is 0 Å². The molecular weight excluding hydrogens is 310 g/mol. The molecule has 24 heavy (non-hydrogen) atoms. The highest BCUT2D eigenvalue weighted by Gasteiger charge is 2.16. The van der Waals surface area contributed by atoms with Crippen molar-refractivity contribution >= 4 is 11.8 Å².